The second-order valence-corrected chi connectivity index (χ2v) is 12.1. The van der Waals surface area contributed by atoms with Crippen molar-refractivity contribution >= 4 is 27.8 Å². The Labute approximate surface area is 280 Å². The predicted molar refractivity (Wildman–Crippen MR) is 200 cm³/mol. The molecule has 8 aromatic carbocycles. The molecule has 8 aromatic rings. The van der Waals surface area contributed by atoms with Crippen LogP contribution < -0.4 is 9.64 Å². The zero-order valence-corrected chi connectivity index (χ0v) is 26.3. The molecule has 226 valence electrons. The second kappa shape index (κ2) is 11.8. The van der Waals surface area contributed by atoms with Gasteiger partial charge in [0.05, 0.1) is 5.69 Å². The Morgan fingerprint density at radius 3 is 1.42 bits per heavy atom. The summed E-state index contributed by atoms with van der Waals surface area (Å²) in [5, 5.41) is 2.30. The summed E-state index contributed by atoms with van der Waals surface area (Å²) in [7, 11) is 0. The number of fused-ring (bicyclic) bond motifs is 2. The smallest absolute Gasteiger partial charge is 0.138 e. The molecule has 0 N–H and O–H groups in total. The van der Waals surface area contributed by atoms with Gasteiger partial charge in [-0.25, -0.2) is 0 Å². The van der Waals surface area contributed by atoms with Gasteiger partial charge in [-0.15, -0.1) is 0 Å². The van der Waals surface area contributed by atoms with Gasteiger partial charge in [-0.1, -0.05) is 152 Å². The van der Waals surface area contributed by atoms with Crippen LogP contribution in [-0.4, -0.2) is 0 Å². The number of benzene rings is 8. The number of para-hydroxylation sites is 1. The predicted octanol–water partition coefficient (Wildman–Crippen LogP) is 13.1. The lowest BCUT2D eigenvalue weighted by Crippen LogP contribution is -2.12. The molecule has 0 unspecified atom stereocenters. The molecule has 0 aliphatic carbocycles. The lowest BCUT2D eigenvalue weighted by Gasteiger charge is -2.31. The fourth-order valence-electron chi connectivity index (χ4n) is 7.01. The Bertz CT molecular complexity index is 2300. The molecule has 9 rings (SSSR count). The first-order chi connectivity index (χ1) is 23.8. The van der Waals surface area contributed by atoms with Crippen LogP contribution in [0.3, 0.4) is 0 Å². The van der Waals surface area contributed by atoms with E-state index in [1.54, 1.807) is 0 Å². The third-order valence-electron chi connectivity index (χ3n) is 9.27. The van der Waals surface area contributed by atoms with Crippen molar-refractivity contribution in [1.82, 2.24) is 0 Å². The highest BCUT2D eigenvalue weighted by Crippen LogP contribution is 2.53. The minimum Gasteiger partial charge on any atom is -0.456 e. The Morgan fingerprint density at radius 2 is 0.833 bits per heavy atom. The molecule has 0 saturated carbocycles. The minimum absolute atomic E-state index is 0.862. The molecule has 0 fully saturated rings. The van der Waals surface area contributed by atoms with Gasteiger partial charge in [-0.3, -0.25) is 0 Å². The Balaban J connectivity index is 1.30. The summed E-state index contributed by atoms with van der Waals surface area (Å²) in [6, 6.07) is 66.8. The second-order valence-electron chi connectivity index (χ2n) is 12.1. The quantitative estimate of drug-likeness (QED) is 0.185. The van der Waals surface area contributed by atoms with E-state index in [-0.39, 0.29) is 0 Å². The van der Waals surface area contributed by atoms with Crippen molar-refractivity contribution < 1.29 is 4.74 Å². The molecule has 0 bridgehead atoms. The number of nitrogens with zero attached hydrogens (tertiary/aromatic N) is 1. The molecular weight excluding hydrogens is 583 g/mol. The number of hydrogen-bond donors (Lipinski definition) is 0. The third kappa shape index (κ3) is 4.83. The topological polar surface area (TPSA) is 12.5 Å². The Kier molecular flexibility index (Phi) is 6.84. The van der Waals surface area contributed by atoms with E-state index in [9.17, 15) is 0 Å². The molecular formula is C46H31NO. The van der Waals surface area contributed by atoms with Crippen LogP contribution in [0.5, 0.6) is 11.5 Å². The zero-order chi connectivity index (χ0) is 31.9. The van der Waals surface area contributed by atoms with E-state index in [4.69, 9.17) is 4.74 Å². The summed E-state index contributed by atoms with van der Waals surface area (Å²) < 4.78 is 6.73. The molecule has 0 amide bonds. The van der Waals surface area contributed by atoms with Crippen molar-refractivity contribution in [3.8, 4) is 56.0 Å². The Hall–Kier alpha value is -6.38. The summed E-state index contributed by atoms with van der Waals surface area (Å²) >= 11 is 0. The molecule has 1 aliphatic rings. The van der Waals surface area contributed by atoms with E-state index in [1.807, 2.05) is 6.07 Å². The summed E-state index contributed by atoms with van der Waals surface area (Å²) in [4.78, 5) is 2.37. The molecule has 48 heavy (non-hydrogen) atoms. The van der Waals surface area contributed by atoms with E-state index >= 15 is 0 Å². The molecule has 0 aromatic heterocycles. The largest absolute Gasteiger partial charge is 0.456 e. The van der Waals surface area contributed by atoms with E-state index in [1.165, 1.54) is 33.4 Å². The lowest BCUT2D eigenvalue weighted by molar-refractivity contribution is 0.487. The van der Waals surface area contributed by atoms with Gasteiger partial charge in [0.2, 0.25) is 0 Å². The fraction of sp³-hybridized carbons (Fsp3) is 0. The third-order valence-corrected chi connectivity index (χ3v) is 9.27. The SMILES string of the molecule is c1ccc(-c2ccc(N(c3ccc(-c4ccccc4)cc3)c3cc4c5c(cccc5c3-c3ccccc3)-c3ccccc3O4)cc2)cc1. The summed E-state index contributed by atoms with van der Waals surface area (Å²) in [5.41, 5.74) is 12.6. The van der Waals surface area contributed by atoms with E-state index in [0.29, 0.717) is 0 Å². The van der Waals surface area contributed by atoms with Gasteiger partial charge in [-0.2, -0.15) is 0 Å². The Morgan fingerprint density at radius 1 is 0.354 bits per heavy atom. The highest BCUT2D eigenvalue weighted by Gasteiger charge is 2.27. The molecule has 1 aliphatic heterocycles. The van der Waals surface area contributed by atoms with Crippen molar-refractivity contribution in [3.63, 3.8) is 0 Å². The first-order valence-corrected chi connectivity index (χ1v) is 16.4. The molecule has 2 heteroatoms. The lowest BCUT2D eigenvalue weighted by atomic mass is 9.89. The van der Waals surface area contributed by atoms with Gasteiger partial charge in [-0.05, 0) is 69.1 Å². The summed E-state index contributed by atoms with van der Waals surface area (Å²) in [6.07, 6.45) is 0. The maximum Gasteiger partial charge on any atom is 0.138 e. The maximum atomic E-state index is 6.73. The van der Waals surface area contributed by atoms with Crippen molar-refractivity contribution in [2.24, 2.45) is 0 Å². The van der Waals surface area contributed by atoms with Gasteiger partial charge >= 0.3 is 0 Å². The molecule has 1 heterocycles. The van der Waals surface area contributed by atoms with Crippen molar-refractivity contribution in [2.45, 2.75) is 0 Å². The number of rotatable bonds is 6. The fourth-order valence-corrected chi connectivity index (χ4v) is 7.01. The van der Waals surface area contributed by atoms with Gasteiger partial charge in [0.1, 0.15) is 11.5 Å². The first kappa shape index (κ1) is 27.9. The van der Waals surface area contributed by atoms with E-state index in [0.717, 1.165) is 50.5 Å². The monoisotopic (exact) mass is 613 g/mol. The normalized spacial score (nSPS) is 11.5. The summed E-state index contributed by atoms with van der Waals surface area (Å²) in [5.74, 6) is 1.74. The molecule has 0 radical (unpaired) electrons. The van der Waals surface area contributed by atoms with Crippen LogP contribution in [0.25, 0.3) is 55.3 Å². The van der Waals surface area contributed by atoms with E-state index < -0.39 is 0 Å². The van der Waals surface area contributed by atoms with Crippen molar-refractivity contribution in [3.05, 3.63) is 188 Å². The number of hydrogen-bond acceptors (Lipinski definition) is 2. The molecule has 2 nitrogen and oxygen atoms in total. The van der Waals surface area contributed by atoms with Gasteiger partial charge in [0.15, 0.2) is 0 Å². The highest BCUT2D eigenvalue weighted by atomic mass is 16.5. The van der Waals surface area contributed by atoms with Crippen LogP contribution in [0.2, 0.25) is 0 Å². The number of ether oxygens (including phenoxy) is 1. The number of anilines is 3. The standard InChI is InChI=1S/C46H31NO/c1-4-13-32(14-5-1)34-23-27-37(28-24-34)47(38-29-25-35(26-30-38)33-15-6-2-7-16-33)42-31-44-46-40(39-19-10-11-22-43(39)48-44)20-12-21-41(46)45(42)36-17-8-3-9-18-36/h1-31H. The van der Waals surface area contributed by atoms with Crippen LogP contribution in [0.15, 0.2) is 188 Å². The highest BCUT2D eigenvalue weighted by molar-refractivity contribution is 6.14. The van der Waals surface area contributed by atoms with Crippen LogP contribution in [0.4, 0.5) is 17.1 Å². The van der Waals surface area contributed by atoms with E-state index in [2.05, 4.69) is 187 Å². The van der Waals surface area contributed by atoms with Gasteiger partial charge < -0.3 is 9.64 Å². The van der Waals surface area contributed by atoms with Gasteiger partial charge in [0.25, 0.3) is 0 Å². The molecule has 0 spiro atoms. The zero-order valence-electron chi connectivity index (χ0n) is 26.3. The van der Waals surface area contributed by atoms with Crippen LogP contribution in [0.1, 0.15) is 0 Å². The van der Waals surface area contributed by atoms with Gasteiger partial charge in [0, 0.05) is 34.0 Å². The van der Waals surface area contributed by atoms with Crippen molar-refractivity contribution in [1.29, 1.82) is 0 Å². The van der Waals surface area contributed by atoms with Crippen LogP contribution >= 0.6 is 0 Å². The summed E-state index contributed by atoms with van der Waals surface area (Å²) in [6.45, 7) is 0. The first-order valence-electron chi connectivity index (χ1n) is 16.4. The molecule has 0 atom stereocenters. The van der Waals surface area contributed by atoms with Crippen molar-refractivity contribution in [2.75, 3.05) is 4.90 Å². The minimum atomic E-state index is 0.862. The molecule has 0 saturated heterocycles. The van der Waals surface area contributed by atoms with Crippen LogP contribution in [-0.2, 0) is 0 Å². The average Bonchev–Trinajstić information content (AvgIpc) is 3.17. The van der Waals surface area contributed by atoms with Crippen LogP contribution in [0, 0.1) is 0 Å². The average molecular weight is 614 g/mol. The maximum absolute atomic E-state index is 6.73.